The predicted molar refractivity (Wildman–Crippen MR) is 77.3 cm³/mol. The standard InChI is InChI=1S/C16H27NO3/c1-11(2)10-16(8-4-5-9-16)13(18)17-15(3,14(19)20)12-6-7-12/h11-12H,4-10H2,1-3H3,(H,17,18)(H,19,20). The molecule has 4 nitrogen and oxygen atoms in total. The van der Waals surface area contributed by atoms with Crippen molar-refractivity contribution in [1.82, 2.24) is 5.32 Å². The quantitative estimate of drug-likeness (QED) is 0.786. The molecule has 2 saturated carbocycles. The van der Waals surface area contributed by atoms with Gasteiger partial charge in [0.05, 0.1) is 0 Å². The Hall–Kier alpha value is -1.06. The lowest BCUT2D eigenvalue weighted by molar-refractivity contribution is -0.150. The second-order valence-corrected chi connectivity index (χ2v) is 7.32. The maximum Gasteiger partial charge on any atom is 0.329 e. The molecule has 2 aliphatic rings. The van der Waals surface area contributed by atoms with Crippen molar-refractivity contribution in [3.8, 4) is 0 Å². The second kappa shape index (κ2) is 5.38. The Morgan fingerprint density at radius 1 is 1.30 bits per heavy atom. The van der Waals surface area contributed by atoms with Crippen LogP contribution in [0.3, 0.4) is 0 Å². The van der Waals surface area contributed by atoms with Crippen LogP contribution in [0, 0.1) is 17.3 Å². The van der Waals surface area contributed by atoms with E-state index in [1.165, 1.54) is 0 Å². The minimum absolute atomic E-state index is 0.0273. The van der Waals surface area contributed by atoms with Crippen LogP contribution < -0.4 is 5.32 Å². The van der Waals surface area contributed by atoms with Crippen LogP contribution >= 0.6 is 0 Å². The fourth-order valence-corrected chi connectivity index (χ4v) is 3.72. The maximum atomic E-state index is 12.8. The normalized spacial score (nSPS) is 24.4. The third-order valence-electron chi connectivity index (χ3n) is 5.05. The molecule has 2 N–H and O–H groups in total. The minimum atomic E-state index is -1.08. The van der Waals surface area contributed by atoms with Crippen molar-refractivity contribution in [3.63, 3.8) is 0 Å². The van der Waals surface area contributed by atoms with Crippen molar-refractivity contribution < 1.29 is 14.7 Å². The molecule has 2 fully saturated rings. The molecule has 0 radical (unpaired) electrons. The number of carboxylic acids is 1. The van der Waals surface area contributed by atoms with E-state index in [0.717, 1.165) is 44.9 Å². The van der Waals surface area contributed by atoms with Crippen LogP contribution in [0.5, 0.6) is 0 Å². The van der Waals surface area contributed by atoms with E-state index in [9.17, 15) is 14.7 Å². The number of nitrogens with one attached hydrogen (secondary N) is 1. The Bertz CT molecular complexity index is 395. The summed E-state index contributed by atoms with van der Waals surface area (Å²) in [5.74, 6) is -0.371. The van der Waals surface area contributed by atoms with Crippen molar-refractivity contribution in [2.45, 2.75) is 71.3 Å². The highest BCUT2D eigenvalue weighted by molar-refractivity contribution is 5.90. The fraction of sp³-hybridized carbons (Fsp3) is 0.875. The van der Waals surface area contributed by atoms with Crippen LogP contribution in [0.25, 0.3) is 0 Å². The summed E-state index contributed by atoms with van der Waals surface area (Å²) in [7, 11) is 0. The average molecular weight is 281 g/mol. The maximum absolute atomic E-state index is 12.8. The second-order valence-electron chi connectivity index (χ2n) is 7.32. The molecule has 2 rings (SSSR count). The zero-order valence-corrected chi connectivity index (χ0v) is 12.9. The highest BCUT2D eigenvalue weighted by Gasteiger charge is 2.51. The lowest BCUT2D eigenvalue weighted by Crippen LogP contribution is -2.57. The average Bonchev–Trinajstić information content (AvgIpc) is 3.10. The number of carbonyl (C=O) groups excluding carboxylic acids is 1. The van der Waals surface area contributed by atoms with Gasteiger partial charge in [-0.2, -0.15) is 0 Å². The number of hydrogen-bond acceptors (Lipinski definition) is 2. The lowest BCUT2D eigenvalue weighted by Gasteiger charge is -2.35. The van der Waals surface area contributed by atoms with Crippen molar-refractivity contribution in [1.29, 1.82) is 0 Å². The summed E-state index contributed by atoms with van der Waals surface area (Å²) >= 11 is 0. The number of amides is 1. The molecule has 1 unspecified atom stereocenters. The van der Waals surface area contributed by atoms with E-state index in [2.05, 4.69) is 19.2 Å². The Kier molecular flexibility index (Phi) is 4.12. The summed E-state index contributed by atoms with van der Waals surface area (Å²) in [4.78, 5) is 24.3. The minimum Gasteiger partial charge on any atom is -0.480 e. The van der Waals surface area contributed by atoms with Gasteiger partial charge in [0.1, 0.15) is 5.54 Å². The first kappa shape index (κ1) is 15.3. The van der Waals surface area contributed by atoms with Gasteiger partial charge in [-0.25, -0.2) is 4.79 Å². The van der Waals surface area contributed by atoms with E-state index < -0.39 is 11.5 Å². The van der Waals surface area contributed by atoms with Gasteiger partial charge < -0.3 is 10.4 Å². The van der Waals surface area contributed by atoms with Gasteiger partial charge in [-0.1, -0.05) is 26.7 Å². The molecular formula is C16H27NO3. The van der Waals surface area contributed by atoms with Crippen molar-refractivity contribution >= 4 is 11.9 Å². The molecule has 0 saturated heterocycles. The molecule has 20 heavy (non-hydrogen) atoms. The molecule has 0 spiro atoms. The van der Waals surface area contributed by atoms with E-state index in [4.69, 9.17) is 0 Å². The highest BCUT2D eigenvalue weighted by Crippen LogP contribution is 2.45. The van der Waals surface area contributed by atoms with E-state index in [1.54, 1.807) is 6.92 Å². The first-order valence-corrected chi connectivity index (χ1v) is 7.86. The lowest BCUT2D eigenvalue weighted by atomic mass is 9.77. The molecule has 0 bridgehead atoms. The summed E-state index contributed by atoms with van der Waals surface area (Å²) in [5.41, 5.74) is -1.41. The highest BCUT2D eigenvalue weighted by atomic mass is 16.4. The Morgan fingerprint density at radius 2 is 1.85 bits per heavy atom. The van der Waals surface area contributed by atoms with Gasteiger partial charge in [-0.15, -0.1) is 0 Å². The Balaban J connectivity index is 2.14. The number of rotatable bonds is 6. The molecular weight excluding hydrogens is 254 g/mol. The van der Waals surface area contributed by atoms with Gasteiger partial charge in [0, 0.05) is 5.41 Å². The summed E-state index contributed by atoms with van der Waals surface area (Å²) in [6.45, 7) is 5.93. The van der Waals surface area contributed by atoms with Crippen LogP contribution in [0.15, 0.2) is 0 Å². The van der Waals surface area contributed by atoms with E-state index >= 15 is 0 Å². The molecule has 1 amide bonds. The van der Waals surface area contributed by atoms with Gasteiger partial charge in [0.15, 0.2) is 0 Å². The third-order valence-corrected chi connectivity index (χ3v) is 5.05. The van der Waals surface area contributed by atoms with Crippen LogP contribution in [-0.2, 0) is 9.59 Å². The summed E-state index contributed by atoms with van der Waals surface area (Å²) in [6, 6.07) is 0. The molecule has 1 atom stereocenters. The van der Waals surface area contributed by atoms with Gasteiger partial charge in [-0.3, -0.25) is 4.79 Å². The van der Waals surface area contributed by atoms with Gasteiger partial charge in [-0.05, 0) is 50.9 Å². The van der Waals surface area contributed by atoms with Crippen LogP contribution in [0.1, 0.15) is 65.7 Å². The van der Waals surface area contributed by atoms with E-state index in [0.29, 0.717) is 5.92 Å². The summed E-state index contributed by atoms with van der Waals surface area (Å²) < 4.78 is 0. The number of aliphatic carboxylic acids is 1. The van der Waals surface area contributed by atoms with Gasteiger partial charge in [0.25, 0.3) is 0 Å². The van der Waals surface area contributed by atoms with Crippen LogP contribution in [0.4, 0.5) is 0 Å². The third kappa shape index (κ3) is 2.84. The van der Waals surface area contributed by atoms with Crippen molar-refractivity contribution in [3.05, 3.63) is 0 Å². The molecule has 0 aromatic heterocycles. The molecule has 0 aromatic carbocycles. The first-order valence-electron chi connectivity index (χ1n) is 7.86. The molecule has 0 heterocycles. The molecule has 2 aliphatic carbocycles. The van der Waals surface area contributed by atoms with Crippen molar-refractivity contribution in [2.75, 3.05) is 0 Å². The monoisotopic (exact) mass is 281 g/mol. The van der Waals surface area contributed by atoms with Crippen LogP contribution in [0.2, 0.25) is 0 Å². The molecule has 114 valence electrons. The van der Waals surface area contributed by atoms with Crippen molar-refractivity contribution in [2.24, 2.45) is 17.3 Å². The number of carboxylic acid groups (broad SMARTS) is 1. The van der Waals surface area contributed by atoms with E-state index in [1.807, 2.05) is 0 Å². The smallest absolute Gasteiger partial charge is 0.329 e. The molecule has 0 aromatic rings. The fourth-order valence-electron chi connectivity index (χ4n) is 3.72. The predicted octanol–water partition coefficient (Wildman–Crippen LogP) is 2.96. The Morgan fingerprint density at radius 3 is 2.25 bits per heavy atom. The summed E-state index contributed by atoms with van der Waals surface area (Å²) in [5, 5.41) is 12.4. The Labute approximate surface area is 121 Å². The summed E-state index contributed by atoms with van der Waals surface area (Å²) in [6.07, 6.45) is 6.62. The van der Waals surface area contributed by atoms with Crippen LogP contribution in [-0.4, -0.2) is 22.5 Å². The largest absolute Gasteiger partial charge is 0.480 e. The number of carbonyl (C=O) groups is 2. The first-order chi connectivity index (χ1) is 9.30. The number of hydrogen-bond donors (Lipinski definition) is 2. The van der Waals surface area contributed by atoms with Gasteiger partial charge >= 0.3 is 5.97 Å². The topological polar surface area (TPSA) is 66.4 Å². The van der Waals surface area contributed by atoms with E-state index in [-0.39, 0.29) is 17.2 Å². The molecule has 4 heteroatoms. The SMILES string of the molecule is CC(C)CC1(C(=O)NC(C)(C(=O)O)C2CC2)CCCC1. The zero-order chi connectivity index (χ0) is 15.0. The zero-order valence-electron chi connectivity index (χ0n) is 12.9. The molecule has 0 aliphatic heterocycles. The van der Waals surface area contributed by atoms with Gasteiger partial charge in [0.2, 0.25) is 5.91 Å².